The molecule has 0 aliphatic carbocycles. The third kappa shape index (κ3) is 1.74. The highest BCUT2D eigenvalue weighted by atomic mass is 16.6. The largest absolute Gasteiger partial charge is 0.486 e. The highest BCUT2D eigenvalue weighted by Crippen LogP contribution is 2.36. The molecule has 94 valence electrons. The Labute approximate surface area is 106 Å². The van der Waals surface area contributed by atoms with Crippen LogP contribution in [0.15, 0.2) is 18.2 Å². The van der Waals surface area contributed by atoms with Crippen molar-refractivity contribution in [1.82, 2.24) is 10.2 Å². The minimum absolute atomic E-state index is 0.613. The van der Waals surface area contributed by atoms with Crippen LogP contribution in [0.25, 0.3) is 11.1 Å². The fourth-order valence-electron chi connectivity index (χ4n) is 2.32. The molecule has 1 aromatic heterocycles. The number of benzene rings is 1. The summed E-state index contributed by atoms with van der Waals surface area (Å²) in [6, 6.07) is 6.06. The highest BCUT2D eigenvalue weighted by Gasteiger charge is 2.16. The minimum atomic E-state index is 0.613. The van der Waals surface area contributed by atoms with Crippen molar-refractivity contribution in [3.63, 3.8) is 0 Å². The smallest absolute Gasteiger partial charge is 0.161 e. The van der Waals surface area contributed by atoms with E-state index in [0.29, 0.717) is 13.2 Å². The SMILES string of the molecule is CCc1n[nH]c(C)c1-c1ccc2c(c1)OCCO2. The van der Waals surface area contributed by atoms with E-state index in [1.807, 2.05) is 19.1 Å². The Balaban J connectivity index is 2.09. The van der Waals surface area contributed by atoms with Crippen molar-refractivity contribution in [2.75, 3.05) is 13.2 Å². The molecular formula is C14H16N2O2. The topological polar surface area (TPSA) is 47.1 Å². The van der Waals surface area contributed by atoms with Crippen molar-refractivity contribution in [3.05, 3.63) is 29.6 Å². The van der Waals surface area contributed by atoms with E-state index in [0.717, 1.165) is 34.9 Å². The Bertz CT molecular complexity index is 575. The maximum atomic E-state index is 5.62. The van der Waals surface area contributed by atoms with Gasteiger partial charge in [0.05, 0.1) is 5.69 Å². The van der Waals surface area contributed by atoms with Crippen LogP contribution in [0, 0.1) is 6.92 Å². The molecule has 0 radical (unpaired) electrons. The van der Waals surface area contributed by atoms with E-state index in [9.17, 15) is 0 Å². The summed E-state index contributed by atoms with van der Waals surface area (Å²) in [5.74, 6) is 1.64. The molecule has 0 bridgehead atoms. The minimum Gasteiger partial charge on any atom is -0.486 e. The van der Waals surface area contributed by atoms with Gasteiger partial charge in [-0.25, -0.2) is 0 Å². The normalized spacial score (nSPS) is 13.7. The van der Waals surface area contributed by atoms with E-state index >= 15 is 0 Å². The molecule has 1 aliphatic rings. The fraction of sp³-hybridized carbons (Fsp3) is 0.357. The van der Waals surface area contributed by atoms with E-state index in [1.54, 1.807) is 0 Å². The number of rotatable bonds is 2. The van der Waals surface area contributed by atoms with Crippen molar-refractivity contribution < 1.29 is 9.47 Å². The maximum absolute atomic E-state index is 5.62. The second-order valence-corrected chi connectivity index (χ2v) is 4.38. The lowest BCUT2D eigenvalue weighted by molar-refractivity contribution is 0.171. The van der Waals surface area contributed by atoms with Crippen molar-refractivity contribution in [2.24, 2.45) is 0 Å². The van der Waals surface area contributed by atoms with Gasteiger partial charge in [-0.1, -0.05) is 13.0 Å². The summed E-state index contributed by atoms with van der Waals surface area (Å²) in [7, 11) is 0. The second-order valence-electron chi connectivity index (χ2n) is 4.38. The zero-order valence-electron chi connectivity index (χ0n) is 10.6. The van der Waals surface area contributed by atoms with E-state index in [2.05, 4.69) is 23.2 Å². The first-order valence-corrected chi connectivity index (χ1v) is 6.23. The standard InChI is InChI=1S/C14H16N2O2/c1-3-11-14(9(2)15-16-11)10-4-5-12-13(8-10)18-7-6-17-12/h4-5,8H,3,6-7H2,1-2H3,(H,15,16). The van der Waals surface area contributed by atoms with Crippen molar-refractivity contribution >= 4 is 0 Å². The van der Waals surface area contributed by atoms with Gasteiger partial charge in [0.15, 0.2) is 11.5 Å². The third-order valence-corrected chi connectivity index (χ3v) is 3.19. The lowest BCUT2D eigenvalue weighted by atomic mass is 10.0. The van der Waals surface area contributed by atoms with Crippen LogP contribution >= 0.6 is 0 Å². The maximum Gasteiger partial charge on any atom is 0.161 e. The van der Waals surface area contributed by atoms with Gasteiger partial charge in [-0.15, -0.1) is 0 Å². The third-order valence-electron chi connectivity index (χ3n) is 3.19. The number of hydrogen-bond acceptors (Lipinski definition) is 3. The molecule has 1 N–H and O–H groups in total. The average molecular weight is 244 g/mol. The first-order chi connectivity index (χ1) is 8.79. The van der Waals surface area contributed by atoms with Gasteiger partial charge in [0.25, 0.3) is 0 Å². The van der Waals surface area contributed by atoms with Crippen LogP contribution < -0.4 is 9.47 Å². The van der Waals surface area contributed by atoms with E-state index in [4.69, 9.17) is 9.47 Å². The number of nitrogens with zero attached hydrogens (tertiary/aromatic N) is 1. The molecule has 0 amide bonds. The molecule has 0 saturated heterocycles. The summed E-state index contributed by atoms with van der Waals surface area (Å²) in [4.78, 5) is 0. The molecule has 0 saturated carbocycles. The van der Waals surface area contributed by atoms with Crippen molar-refractivity contribution in [3.8, 4) is 22.6 Å². The van der Waals surface area contributed by atoms with Gasteiger partial charge in [-0.05, 0) is 31.0 Å². The quantitative estimate of drug-likeness (QED) is 0.883. The summed E-state index contributed by atoms with van der Waals surface area (Å²) in [6.07, 6.45) is 0.911. The fourth-order valence-corrected chi connectivity index (χ4v) is 2.32. The monoisotopic (exact) mass is 244 g/mol. The number of ether oxygens (including phenoxy) is 2. The number of H-pyrrole nitrogens is 1. The van der Waals surface area contributed by atoms with Crippen LogP contribution in [0.3, 0.4) is 0 Å². The Hall–Kier alpha value is -1.97. The predicted molar refractivity (Wildman–Crippen MR) is 69.1 cm³/mol. The highest BCUT2D eigenvalue weighted by molar-refractivity contribution is 5.71. The molecule has 0 fully saturated rings. The summed E-state index contributed by atoms with van der Waals surface area (Å²) < 4.78 is 11.2. The average Bonchev–Trinajstić information content (AvgIpc) is 2.79. The van der Waals surface area contributed by atoms with Gasteiger partial charge >= 0.3 is 0 Å². The van der Waals surface area contributed by atoms with E-state index in [1.165, 1.54) is 5.56 Å². The van der Waals surface area contributed by atoms with Crippen molar-refractivity contribution in [2.45, 2.75) is 20.3 Å². The van der Waals surface area contributed by atoms with Crippen LogP contribution in [0.5, 0.6) is 11.5 Å². The van der Waals surface area contributed by atoms with Gasteiger partial charge in [0, 0.05) is 11.3 Å². The van der Waals surface area contributed by atoms with E-state index < -0.39 is 0 Å². The molecule has 18 heavy (non-hydrogen) atoms. The first kappa shape index (κ1) is 11.1. The number of nitrogens with one attached hydrogen (secondary N) is 1. The van der Waals surface area contributed by atoms with Crippen LogP contribution in [0.2, 0.25) is 0 Å². The van der Waals surface area contributed by atoms with E-state index in [-0.39, 0.29) is 0 Å². The summed E-state index contributed by atoms with van der Waals surface area (Å²) >= 11 is 0. The zero-order chi connectivity index (χ0) is 12.5. The number of aromatic nitrogens is 2. The molecule has 3 rings (SSSR count). The Morgan fingerprint density at radius 3 is 2.78 bits per heavy atom. The van der Waals surface area contributed by atoms with Gasteiger partial charge < -0.3 is 9.47 Å². The molecule has 2 heterocycles. The molecule has 0 unspecified atom stereocenters. The molecule has 2 aromatic rings. The number of hydrogen-bond donors (Lipinski definition) is 1. The zero-order valence-corrected chi connectivity index (χ0v) is 10.6. The van der Waals surface area contributed by atoms with Crippen LogP contribution in [-0.4, -0.2) is 23.4 Å². The molecular weight excluding hydrogens is 228 g/mol. The van der Waals surface area contributed by atoms with Gasteiger partial charge in [0.2, 0.25) is 0 Å². The Kier molecular flexibility index (Phi) is 2.70. The molecule has 4 nitrogen and oxygen atoms in total. The Morgan fingerprint density at radius 1 is 1.22 bits per heavy atom. The van der Waals surface area contributed by atoms with Gasteiger partial charge in [-0.3, -0.25) is 5.10 Å². The molecule has 0 spiro atoms. The van der Waals surface area contributed by atoms with Crippen LogP contribution in [-0.2, 0) is 6.42 Å². The number of aromatic amines is 1. The molecule has 1 aromatic carbocycles. The summed E-state index contributed by atoms with van der Waals surface area (Å²) in [5, 5.41) is 7.37. The lowest BCUT2D eigenvalue weighted by Crippen LogP contribution is -2.15. The molecule has 0 atom stereocenters. The van der Waals surface area contributed by atoms with Crippen LogP contribution in [0.1, 0.15) is 18.3 Å². The second kappa shape index (κ2) is 4.37. The first-order valence-electron chi connectivity index (χ1n) is 6.23. The lowest BCUT2D eigenvalue weighted by Gasteiger charge is -2.19. The summed E-state index contributed by atoms with van der Waals surface area (Å²) in [5.41, 5.74) is 4.48. The predicted octanol–water partition coefficient (Wildman–Crippen LogP) is 2.72. The van der Waals surface area contributed by atoms with Gasteiger partial charge in [0.1, 0.15) is 13.2 Å². The van der Waals surface area contributed by atoms with Crippen LogP contribution in [0.4, 0.5) is 0 Å². The number of aryl methyl sites for hydroxylation is 2. The Morgan fingerprint density at radius 2 is 2.00 bits per heavy atom. The van der Waals surface area contributed by atoms with Gasteiger partial charge in [-0.2, -0.15) is 5.10 Å². The molecule has 1 aliphatic heterocycles. The summed E-state index contributed by atoms with van der Waals surface area (Å²) in [6.45, 7) is 5.38. The number of fused-ring (bicyclic) bond motifs is 1. The van der Waals surface area contributed by atoms with Crippen molar-refractivity contribution in [1.29, 1.82) is 0 Å². The molecule has 4 heteroatoms.